The van der Waals surface area contributed by atoms with Crippen LogP contribution < -0.4 is 0 Å². The van der Waals surface area contributed by atoms with Crippen molar-refractivity contribution >= 4 is 18.2 Å². The molecule has 0 aliphatic rings. The fraction of sp³-hybridized carbons (Fsp3) is 1.00. The molecule has 0 heterocycles. The molecule has 0 aliphatic carbocycles. The lowest BCUT2D eigenvalue weighted by atomic mass is 10.4. The summed E-state index contributed by atoms with van der Waals surface area (Å²) in [5.74, 6) is 0.151. The van der Waals surface area contributed by atoms with Crippen molar-refractivity contribution in [2.75, 3.05) is 5.75 Å². The summed E-state index contributed by atoms with van der Waals surface area (Å²) < 4.78 is 28.0. The largest absolute Gasteiger partial charge is 0.271 e. The van der Waals surface area contributed by atoms with Crippen LogP contribution in [0.2, 0.25) is 19.6 Å². The van der Waals surface area contributed by atoms with E-state index in [2.05, 4.69) is 19.6 Å². The summed E-state index contributed by atoms with van der Waals surface area (Å²) in [7, 11) is -4.80. The summed E-state index contributed by atoms with van der Waals surface area (Å²) in [5, 5.41) is 0. The van der Waals surface area contributed by atoms with Crippen molar-refractivity contribution in [2.24, 2.45) is 0 Å². The van der Waals surface area contributed by atoms with E-state index in [0.717, 1.165) is 6.42 Å². The summed E-state index contributed by atoms with van der Waals surface area (Å²) in [6, 6.07) is 0. The van der Waals surface area contributed by atoms with Gasteiger partial charge in [0, 0.05) is 0 Å². The maximum absolute atomic E-state index is 11.4. The zero-order valence-corrected chi connectivity index (χ0v) is 11.6. The van der Waals surface area contributed by atoms with Crippen LogP contribution in [0.5, 0.6) is 0 Å². The van der Waals surface area contributed by atoms with Gasteiger partial charge >= 0.3 is 0 Å². The van der Waals surface area contributed by atoms with E-state index in [1.807, 2.05) is 13.8 Å². The van der Waals surface area contributed by atoms with Crippen LogP contribution in [-0.2, 0) is 14.3 Å². The van der Waals surface area contributed by atoms with Crippen molar-refractivity contribution in [1.29, 1.82) is 0 Å². The van der Waals surface area contributed by atoms with Gasteiger partial charge in [-0.3, -0.25) is 4.18 Å². The maximum atomic E-state index is 11.4. The summed E-state index contributed by atoms with van der Waals surface area (Å²) in [5.41, 5.74) is -0.135. The van der Waals surface area contributed by atoms with E-state index in [4.69, 9.17) is 4.18 Å². The number of hydrogen-bond acceptors (Lipinski definition) is 3. The van der Waals surface area contributed by atoms with Crippen LogP contribution in [-0.4, -0.2) is 28.0 Å². The first kappa shape index (κ1) is 14.1. The summed E-state index contributed by atoms with van der Waals surface area (Å²) in [6.45, 7) is 10.1. The van der Waals surface area contributed by atoms with Gasteiger partial charge < -0.3 is 0 Å². The molecule has 0 aromatic carbocycles. The highest BCUT2D eigenvalue weighted by molar-refractivity contribution is 7.86. The van der Waals surface area contributed by atoms with Crippen LogP contribution in [0.25, 0.3) is 0 Å². The third-order valence-corrected chi connectivity index (χ3v) is 6.36. The Morgan fingerprint density at radius 1 is 1.29 bits per heavy atom. The van der Waals surface area contributed by atoms with Crippen molar-refractivity contribution in [2.45, 2.75) is 52.1 Å². The molecule has 0 spiro atoms. The highest BCUT2D eigenvalue weighted by Crippen LogP contribution is 2.14. The third kappa shape index (κ3) is 5.77. The zero-order chi connectivity index (χ0) is 11.4. The Kier molecular flexibility index (Phi) is 5.32. The number of rotatable bonds is 6. The van der Waals surface area contributed by atoms with E-state index in [9.17, 15) is 8.42 Å². The predicted molar refractivity (Wildman–Crippen MR) is 62.6 cm³/mol. The monoisotopic (exact) mass is 238 g/mol. The lowest BCUT2D eigenvalue weighted by molar-refractivity contribution is 0.292. The quantitative estimate of drug-likeness (QED) is 0.527. The fourth-order valence-electron chi connectivity index (χ4n) is 0.733. The van der Waals surface area contributed by atoms with Crippen LogP contribution in [0, 0.1) is 0 Å². The maximum Gasteiger partial charge on any atom is 0.267 e. The summed E-state index contributed by atoms with van der Waals surface area (Å²) in [4.78, 5) is 0. The van der Waals surface area contributed by atoms with Gasteiger partial charge in [-0.1, -0.05) is 33.0 Å². The average molecular weight is 238 g/mol. The molecule has 0 fully saturated rings. The second-order valence-corrected chi connectivity index (χ2v) is 12.0. The van der Waals surface area contributed by atoms with Crippen LogP contribution in [0.1, 0.15) is 26.7 Å². The van der Waals surface area contributed by atoms with E-state index in [-0.39, 0.29) is 11.5 Å². The van der Waals surface area contributed by atoms with Gasteiger partial charge in [0.15, 0.2) is 0 Å². The molecule has 5 heteroatoms. The minimum absolute atomic E-state index is 0.135. The van der Waals surface area contributed by atoms with Crippen LogP contribution in [0.15, 0.2) is 0 Å². The lowest BCUT2D eigenvalue weighted by Crippen LogP contribution is -2.39. The first-order chi connectivity index (χ1) is 6.19. The molecule has 86 valence electrons. The van der Waals surface area contributed by atoms with Crippen molar-refractivity contribution in [1.82, 2.24) is 0 Å². The van der Waals surface area contributed by atoms with Gasteiger partial charge in [0.2, 0.25) is 0 Å². The molecule has 1 atom stereocenters. The lowest BCUT2D eigenvalue weighted by Gasteiger charge is -2.24. The minimum Gasteiger partial charge on any atom is -0.271 e. The predicted octanol–water partition coefficient (Wildman–Crippen LogP) is 2.40. The molecule has 0 N–H and O–H groups in total. The van der Waals surface area contributed by atoms with Gasteiger partial charge in [-0.2, -0.15) is 8.42 Å². The Balaban J connectivity index is 4.23. The van der Waals surface area contributed by atoms with E-state index < -0.39 is 18.2 Å². The molecule has 0 bridgehead atoms. The number of hydrogen-bond donors (Lipinski definition) is 0. The van der Waals surface area contributed by atoms with Gasteiger partial charge in [0.05, 0.1) is 19.6 Å². The summed E-state index contributed by atoms with van der Waals surface area (Å²) in [6.07, 6.45) is 1.56. The summed E-state index contributed by atoms with van der Waals surface area (Å²) >= 11 is 0. The average Bonchev–Trinajstić information content (AvgIpc) is 1.98. The van der Waals surface area contributed by atoms with E-state index in [1.54, 1.807) is 0 Å². The van der Waals surface area contributed by atoms with Crippen molar-refractivity contribution in [3.63, 3.8) is 0 Å². The Morgan fingerprint density at radius 3 is 2.14 bits per heavy atom. The molecular formula is C9H22O3SSi. The molecule has 0 saturated carbocycles. The van der Waals surface area contributed by atoms with Crippen LogP contribution in [0.4, 0.5) is 0 Å². The van der Waals surface area contributed by atoms with E-state index in [1.165, 1.54) is 0 Å². The molecule has 0 radical (unpaired) electrons. The molecule has 0 rings (SSSR count). The Morgan fingerprint density at radius 2 is 1.79 bits per heavy atom. The molecule has 0 aromatic rings. The van der Waals surface area contributed by atoms with Gasteiger partial charge in [-0.05, 0) is 13.3 Å². The van der Waals surface area contributed by atoms with Crippen LogP contribution >= 0.6 is 0 Å². The molecule has 0 aliphatic heterocycles. The van der Waals surface area contributed by atoms with Crippen molar-refractivity contribution in [3.05, 3.63) is 0 Å². The Labute approximate surface area is 89.0 Å². The molecule has 0 aromatic heterocycles. The van der Waals surface area contributed by atoms with Crippen molar-refractivity contribution < 1.29 is 12.6 Å². The van der Waals surface area contributed by atoms with Gasteiger partial charge in [0.25, 0.3) is 10.1 Å². The van der Waals surface area contributed by atoms with Crippen LogP contribution in [0.3, 0.4) is 0 Å². The Bertz CT molecular complexity index is 254. The molecular weight excluding hydrogens is 216 g/mol. The van der Waals surface area contributed by atoms with Gasteiger partial charge in [-0.25, -0.2) is 0 Å². The highest BCUT2D eigenvalue weighted by atomic mass is 32.2. The normalized spacial score (nSPS) is 15.5. The fourth-order valence-corrected chi connectivity index (χ4v) is 3.51. The topological polar surface area (TPSA) is 43.4 Å². The minimum atomic E-state index is -3.29. The number of unbranched alkanes of at least 4 members (excludes halogenated alkanes) is 1. The molecule has 14 heavy (non-hydrogen) atoms. The first-order valence-electron chi connectivity index (χ1n) is 5.10. The zero-order valence-electron chi connectivity index (χ0n) is 9.83. The smallest absolute Gasteiger partial charge is 0.267 e. The second kappa shape index (κ2) is 5.28. The van der Waals surface area contributed by atoms with Crippen molar-refractivity contribution in [3.8, 4) is 0 Å². The second-order valence-electron chi connectivity index (χ2n) is 4.72. The molecule has 0 amide bonds. The first-order valence-corrected chi connectivity index (χ1v) is 10.3. The molecule has 1 unspecified atom stereocenters. The third-order valence-electron chi connectivity index (χ3n) is 2.26. The molecule has 3 nitrogen and oxygen atoms in total. The van der Waals surface area contributed by atoms with Gasteiger partial charge in [-0.15, -0.1) is 0 Å². The standard InChI is InChI=1S/C9H22O3SSi/c1-6-7-8-13(10,11)12-9(2)14(3,4)5/h9H,6-8H2,1-5H3. The highest BCUT2D eigenvalue weighted by Gasteiger charge is 2.27. The van der Waals surface area contributed by atoms with E-state index >= 15 is 0 Å². The van der Waals surface area contributed by atoms with E-state index in [0.29, 0.717) is 6.42 Å². The Hall–Kier alpha value is 0.127. The SMILES string of the molecule is CCCCS(=O)(=O)OC(C)[Si](C)(C)C. The molecule has 0 saturated heterocycles. The van der Waals surface area contributed by atoms with Gasteiger partial charge in [0.1, 0.15) is 0 Å².